The third-order valence-electron chi connectivity index (χ3n) is 4.08. The fraction of sp³-hybridized carbons (Fsp3) is 0.571. The van der Waals surface area contributed by atoms with Gasteiger partial charge in [0.1, 0.15) is 7.05 Å². The maximum Gasteiger partial charge on any atom is 0.501 e. The Labute approximate surface area is 120 Å². The van der Waals surface area contributed by atoms with Crippen molar-refractivity contribution in [3.63, 3.8) is 0 Å². The molecule has 1 aromatic rings. The Bertz CT molecular complexity index is 526. The Morgan fingerprint density at radius 2 is 1.75 bits per heavy atom. The molecule has 20 heavy (non-hydrogen) atoms. The van der Waals surface area contributed by atoms with Crippen LogP contribution in [0.1, 0.15) is 38.2 Å². The van der Waals surface area contributed by atoms with Crippen molar-refractivity contribution in [3.05, 3.63) is 24.0 Å². The first-order valence-electron chi connectivity index (χ1n) is 6.61. The molecule has 2 heterocycles. The molecule has 6 heteroatoms. The molecule has 0 saturated carbocycles. The van der Waals surface area contributed by atoms with E-state index in [1.165, 1.54) is 7.11 Å². The molecular weight excluding hydrogens is 257 g/mol. The molecule has 108 valence electrons. The van der Waals surface area contributed by atoms with Gasteiger partial charge < -0.3 is 14.0 Å². The van der Waals surface area contributed by atoms with E-state index in [4.69, 9.17) is 14.0 Å². The number of nitrogens with zero attached hydrogens (tertiary/aromatic N) is 1. The quantitative estimate of drug-likeness (QED) is 0.451. The van der Waals surface area contributed by atoms with Crippen molar-refractivity contribution in [2.75, 3.05) is 7.11 Å². The highest BCUT2D eigenvalue weighted by molar-refractivity contribution is 6.61. The zero-order chi connectivity index (χ0) is 15.1. The summed E-state index contributed by atoms with van der Waals surface area (Å²) in [6.45, 7) is 8.04. The van der Waals surface area contributed by atoms with Crippen LogP contribution < -0.4 is 10.0 Å². The molecule has 1 aliphatic rings. The van der Waals surface area contributed by atoms with E-state index in [1.54, 1.807) is 17.7 Å². The molecule has 0 bridgehead atoms. The molecule has 1 aromatic heterocycles. The summed E-state index contributed by atoms with van der Waals surface area (Å²) in [5, 5.41) is 0. The lowest BCUT2D eigenvalue weighted by atomic mass is 9.80. The number of aryl methyl sites for hydroxylation is 1. The van der Waals surface area contributed by atoms with Crippen LogP contribution in [0.5, 0.6) is 0 Å². The second-order valence-corrected chi connectivity index (χ2v) is 6.04. The average Bonchev–Trinajstić information content (AvgIpc) is 2.57. The highest BCUT2D eigenvalue weighted by Crippen LogP contribution is 2.36. The van der Waals surface area contributed by atoms with E-state index < -0.39 is 7.12 Å². The molecule has 2 rings (SSSR count). The maximum atomic E-state index is 11.6. The number of aromatic nitrogens is 1. The largest absolute Gasteiger partial charge is 0.501 e. The molecule has 0 radical (unpaired) electrons. The number of ether oxygens (including phenoxy) is 1. The van der Waals surface area contributed by atoms with Crippen LogP contribution in [0.4, 0.5) is 0 Å². The zero-order valence-electron chi connectivity index (χ0n) is 12.9. The monoisotopic (exact) mass is 278 g/mol. The van der Waals surface area contributed by atoms with Crippen molar-refractivity contribution >= 4 is 18.6 Å². The van der Waals surface area contributed by atoms with Crippen molar-refractivity contribution in [2.45, 2.75) is 38.9 Å². The molecule has 0 aliphatic carbocycles. The van der Waals surface area contributed by atoms with Gasteiger partial charge in [-0.1, -0.05) is 0 Å². The van der Waals surface area contributed by atoms with E-state index in [-0.39, 0.29) is 17.2 Å². The van der Waals surface area contributed by atoms with E-state index in [9.17, 15) is 4.79 Å². The standard InChI is InChI=1S/C14H21BNO4/c1-13(2)14(3,4)20-15(19-13)10-7-8-11(12(17)18-6)16(5)9-10/h7-9H,1-6H3/q+1. The first-order chi connectivity index (χ1) is 9.18. The summed E-state index contributed by atoms with van der Waals surface area (Å²) in [5.41, 5.74) is 0.598. The smallest absolute Gasteiger partial charge is 0.461 e. The molecule has 0 unspecified atom stereocenters. The van der Waals surface area contributed by atoms with Crippen LogP contribution in [0.25, 0.3) is 0 Å². The topological polar surface area (TPSA) is 48.6 Å². The first kappa shape index (κ1) is 15.0. The van der Waals surface area contributed by atoms with Gasteiger partial charge in [0, 0.05) is 11.5 Å². The van der Waals surface area contributed by atoms with E-state index in [2.05, 4.69) is 0 Å². The molecule has 1 saturated heterocycles. The van der Waals surface area contributed by atoms with Crippen molar-refractivity contribution in [1.29, 1.82) is 0 Å². The minimum atomic E-state index is -0.433. The Balaban J connectivity index is 2.28. The van der Waals surface area contributed by atoms with Gasteiger partial charge >= 0.3 is 13.1 Å². The molecule has 1 aliphatic heterocycles. The van der Waals surface area contributed by atoms with Gasteiger partial charge in [0.25, 0.3) is 5.69 Å². The Hall–Kier alpha value is -1.40. The van der Waals surface area contributed by atoms with Gasteiger partial charge in [-0.2, -0.15) is 4.57 Å². The van der Waals surface area contributed by atoms with Crippen LogP contribution >= 0.6 is 0 Å². The Morgan fingerprint density at radius 3 is 2.20 bits per heavy atom. The second-order valence-electron chi connectivity index (χ2n) is 6.04. The van der Waals surface area contributed by atoms with Gasteiger partial charge in [-0.25, -0.2) is 4.79 Å². The number of methoxy groups -OCH3 is 1. The predicted octanol–water partition coefficient (Wildman–Crippen LogP) is 0.597. The molecule has 0 spiro atoms. The third kappa shape index (κ3) is 2.45. The van der Waals surface area contributed by atoms with Crippen molar-refractivity contribution in [2.24, 2.45) is 7.05 Å². The summed E-state index contributed by atoms with van der Waals surface area (Å²) in [4.78, 5) is 11.6. The van der Waals surface area contributed by atoms with Crippen LogP contribution in [0.15, 0.2) is 18.3 Å². The van der Waals surface area contributed by atoms with E-state index in [1.807, 2.05) is 40.0 Å². The second kappa shape index (κ2) is 4.86. The van der Waals surface area contributed by atoms with E-state index in [0.717, 1.165) is 5.46 Å². The van der Waals surface area contributed by atoms with Gasteiger partial charge in [-0.05, 0) is 33.8 Å². The molecule has 0 amide bonds. The lowest BCUT2D eigenvalue weighted by Gasteiger charge is -2.32. The number of hydrogen-bond acceptors (Lipinski definition) is 4. The minimum absolute atomic E-state index is 0.368. The summed E-state index contributed by atoms with van der Waals surface area (Å²) >= 11 is 0. The lowest BCUT2D eigenvalue weighted by Crippen LogP contribution is -2.45. The highest BCUT2D eigenvalue weighted by Gasteiger charge is 2.52. The van der Waals surface area contributed by atoms with Crippen molar-refractivity contribution < 1.29 is 23.4 Å². The summed E-state index contributed by atoms with van der Waals surface area (Å²) in [6, 6.07) is 3.54. The Morgan fingerprint density at radius 1 is 1.20 bits per heavy atom. The van der Waals surface area contributed by atoms with Crippen LogP contribution in [0.2, 0.25) is 0 Å². The molecule has 0 atom stereocenters. The summed E-state index contributed by atoms with van der Waals surface area (Å²) in [7, 11) is 2.73. The van der Waals surface area contributed by atoms with E-state index >= 15 is 0 Å². The normalized spacial score (nSPS) is 20.0. The number of carbonyl (C=O) groups excluding carboxylic acids is 1. The summed E-state index contributed by atoms with van der Waals surface area (Å²) in [6.07, 6.45) is 1.83. The fourth-order valence-electron chi connectivity index (χ4n) is 2.06. The molecule has 0 aromatic carbocycles. The summed E-state index contributed by atoms with van der Waals surface area (Å²) in [5.74, 6) is -0.368. The Kier molecular flexibility index (Phi) is 3.65. The zero-order valence-corrected chi connectivity index (χ0v) is 12.9. The average molecular weight is 278 g/mol. The number of carbonyl (C=O) groups is 1. The molecular formula is C14H21BNO4+. The number of hydrogen-bond donors (Lipinski definition) is 0. The molecule has 1 fully saturated rings. The SMILES string of the molecule is COC(=O)c1ccc(B2OC(C)(C)C(C)(C)O2)c[n+]1C. The van der Waals surface area contributed by atoms with Crippen molar-refractivity contribution in [1.82, 2.24) is 0 Å². The highest BCUT2D eigenvalue weighted by atomic mass is 16.7. The van der Waals surface area contributed by atoms with Gasteiger partial charge in [0.2, 0.25) is 0 Å². The molecule has 0 N–H and O–H groups in total. The fourth-order valence-corrected chi connectivity index (χ4v) is 2.06. The van der Waals surface area contributed by atoms with E-state index in [0.29, 0.717) is 5.69 Å². The third-order valence-corrected chi connectivity index (χ3v) is 4.08. The first-order valence-corrected chi connectivity index (χ1v) is 6.61. The number of pyridine rings is 1. The molecule has 5 nitrogen and oxygen atoms in total. The summed E-state index contributed by atoms with van der Waals surface area (Å²) < 4.78 is 18.4. The number of esters is 1. The van der Waals surface area contributed by atoms with Crippen LogP contribution in [-0.4, -0.2) is 31.4 Å². The van der Waals surface area contributed by atoms with Gasteiger partial charge in [-0.15, -0.1) is 0 Å². The van der Waals surface area contributed by atoms with Crippen LogP contribution in [-0.2, 0) is 21.1 Å². The van der Waals surface area contributed by atoms with Crippen LogP contribution in [0.3, 0.4) is 0 Å². The maximum absolute atomic E-state index is 11.6. The van der Waals surface area contributed by atoms with Gasteiger partial charge in [0.05, 0.1) is 18.3 Å². The minimum Gasteiger partial charge on any atom is -0.461 e. The predicted molar refractivity (Wildman–Crippen MR) is 74.7 cm³/mol. The van der Waals surface area contributed by atoms with Crippen LogP contribution in [0, 0.1) is 0 Å². The lowest BCUT2D eigenvalue weighted by molar-refractivity contribution is -0.673. The number of rotatable bonds is 2. The van der Waals surface area contributed by atoms with Crippen molar-refractivity contribution in [3.8, 4) is 0 Å². The van der Waals surface area contributed by atoms with Gasteiger partial charge in [0.15, 0.2) is 6.20 Å². The van der Waals surface area contributed by atoms with Gasteiger partial charge in [-0.3, -0.25) is 0 Å².